The Labute approximate surface area is 161 Å². The number of carbonyl (C=O) groups is 2. The van der Waals surface area contributed by atoms with Crippen LogP contribution in [0.25, 0.3) is 0 Å². The molecule has 1 aliphatic heterocycles. The molecule has 0 bridgehead atoms. The lowest BCUT2D eigenvalue weighted by Gasteiger charge is -2.18. The van der Waals surface area contributed by atoms with Gasteiger partial charge in [0.05, 0.1) is 17.8 Å². The number of hydrogen-bond acceptors (Lipinski definition) is 4. The molecule has 1 saturated heterocycles. The summed E-state index contributed by atoms with van der Waals surface area (Å²) in [6.45, 7) is 2.35. The molecule has 0 saturated carbocycles. The largest absolute Gasteiger partial charge is 0.376 e. The fourth-order valence-corrected chi connectivity index (χ4v) is 3.13. The number of amides is 2. The van der Waals surface area contributed by atoms with E-state index in [-0.39, 0.29) is 24.2 Å². The Morgan fingerprint density at radius 3 is 2.69 bits per heavy atom. The van der Waals surface area contributed by atoms with Gasteiger partial charge in [0.25, 0.3) is 0 Å². The van der Waals surface area contributed by atoms with Gasteiger partial charge in [0.2, 0.25) is 11.8 Å². The Morgan fingerprint density at radius 2 is 2.08 bits per heavy atom. The molecule has 1 atom stereocenters. The fraction of sp³-hybridized carbons (Fsp3) is 0.316. The van der Waals surface area contributed by atoms with E-state index in [4.69, 9.17) is 0 Å². The Hall–Kier alpha value is -2.41. The first-order valence-electron chi connectivity index (χ1n) is 8.36. The van der Waals surface area contributed by atoms with Gasteiger partial charge < -0.3 is 15.1 Å². The smallest absolute Gasteiger partial charge is 0.230 e. The highest BCUT2D eigenvalue weighted by atomic mass is 79.9. The maximum atomic E-state index is 12.5. The summed E-state index contributed by atoms with van der Waals surface area (Å²) in [4.78, 5) is 32.8. The fourth-order valence-electron chi connectivity index (χ4n) is 2.88. The van der Waals surface area contributed by atoms with Crippen molar-refractivity contribution in [1.29, 1.82) is 0 Å². The molecule has 1 unspecified atom stereocenters. The van der Waals surface area contributed by atoms with E-state index in [0.29, 0.717) is 12.4 Å². The number of rotatable bonds is 4. The second kappa shape index (κ2) is 7.45. The van der Waals surface area contributed by atoms with Crippen LogP contribution in [0, 0.1) is 12.8 Å². The third-order valence-corrected chi connectivity index (χ3v) is 5.35. The molecular weight excluding hydrogens is 396 g/mol. The average molecular weight is 417 g/mol. The van der Waals surface area contributed by atoms with Crippen molar-refractivity contribution >= 4 is 44.9 Å². The third-order valence-electron chi connectivity index (χ3n) is 4.46. The minimum atomic E-state index is -0.387. The molecule has 3 rings (SSSR count). The van der Waals surface area contributed by atoms with Gasteiger partial charge in [0.15, 0.2) is 0 Å². The van der Waals surface area contributed by atoms with Gasteiger partial charge in [-0.05, 0) is 42.8 Å². The number of benzene rings is 1. The van der Waals surface area contributed by atoms with Crippen LogP contribution in [0.3, 0.4) is 0 Å². The predicted molar refractivity (Wildman–Crippen MR) is 107 cm³/mol. The molecule has 7 heteroatoms. The number of nitrogens with one attached hydrogen (secondary N) is 1. The van der Waals surface area contributed by atoms with Crippen LogP contribution in [-0.4, -0.2) is 37.4 Å². The molecule has 2 heterocycles. The molecule has 0 spiro atoms. The number of nitrogens with zero attached hydrogens (tertiary/aromatic N) is 3. The summed E-state index contributed by atoms with van der Waals surface area (Å²) in [6, 6.07) is 9.40. The van der Waals surface area contributed by atoms with Gasteiger partial charge in [-0.15, -0.1) is 0 Å². The molecule has 1 aromatic heterocycles. The van der Waals surface area contributed by atoms with Crippen molar-refractivity contribution in [3.05, 3.63) is 46.6 Å². The number of halogens is 1. The number of pyridine rings is 1. The van der Waals surface area contributed by atoms with Gasteiger partial charge in [0, 0.05) is 37.2 Å². The first kappa shape index (κ1) is 18.4. The van der Waals surface area contributed by atoms with Crippen LogP contribution in [0.4, 0.5) is 17.2 Å². The summed E-state index contributed by atoms with van der Waals surface area (Å²) in [7, 11) is 3.86. The zero-order valence-electron chi connectivity index (χ0n) is 15.0. The van der Waals surface area contributed by atoms with Crippen molar-refractivity contribution in [1.82, 2.24) is 4.98 Å². The molecule has 2 aromatic rings. The number of aromatic nitrogens is 1. The van der Waals surface area contributed by atoms with Crippen LogP contribution in [0.5, 0.6) is 0 Å². The van der Waals surface area contributed by atoms with Crippen molar-refractivity contribution in [2.75, 3.05) is 35.8 Å². The van der Waals surface area contributed by atoms with Crippen LogP contribution < -0.4 is 15.1 Å². The summed E-state index contributed by atoms with van der Waals surface area (Å²) >= 11 is 3.46. The lowest BCUT2D eigenvalue weighted by Crippen LogP contribution is -2.28. The standard InChI is InChI=1S/C19H21BrN4O2/c1-12-8-14(4-6-16(12)20)24-11-13(9-18(24)25)19(26)22-17-7-5-15(10-21-17)23(2)3/h4-8,10,13H,9,11H2,1-3H3,(H,21,22,26). The lowest BCUT2D eigenvalue weighted by atomic mass is 10.1. The monoisotopic (exact) mass is 416 g/mol. The number of carbonyl (C=O) groups excluding carboxylic acids is 2. The minimum Gasteiger partial charge on any atom is -0.376 e. The lowest BCUT2D eigenvalue weighted by molar-refractivity contribution is -0.122. The zero-order valence-corrected chi connectivity index (χ0v) is 16.6. The summed E-state index contributed by atoms with van der Waals surface area (Å²) in [5, 5.41) is 2.81. The Bertz CT molecular complexity index is 836. The van der Waals surface area contributed by atoms with E-state index in [0.717, 1.165) is 21.4 Å². The first-order chi connectivity index (χ1) is 12.3. The molecular formula is C19H21BrN4O2. The van der Waals surface area contributed by atoms with Gasteiger partial charge in [-0.25, -0.2) is 4.98 Å². The molecule has 1 aliphatic rings. The van der Waals surface area contributed by atoms with Crippen LogP contribution in [0.2, 0.25) is 0 Å². The first-order valence-corrected chi connectivity index (χ1v) is 9.15. The summed E-state index contributed by atoms with van der Waals surface area (Å²) < 4.78 is 0.995. The topological polar surface area (TPSA) is 65.5 Å². The van der Waals surface area contributed by atoms with Crippen molar-refractivity contribution in [2.24, 2.45) is 5.92 Å². The highest BCUT2D eigenvalue weighted by molar-refractivity contribution is 9.10. The summed E-state index contributed by atoms with van der Waals surface area (Å²) in [5.41, 5.74) is 2.82. The molecule has 0 radical (unpaired) electrons. The molecule has 6 nitrogen and oxygen atoms in total. The van der Waals surface area contributed by atoms with E-state index in [2.05, 4.69) is 26.2 Å². The molecule has 1 N–H and O–H groups in total. The molecule has 2 amide bonds. The van der Waals surface area contributed by atoms with E-state index in [1.54, 1.807) is 17.2 Å². The van der Waals surface area contributed by atoms with Crippen LogP contribution >= 0.6 is 15.9 Å². The normalized spacial score (nSPS) is 16.7. The third kappa shape index (κ3) is 3.88. The van der Waals surface area contributed by atoms with Crippen LogP contribution in [0.15, 0.2) is 41.0 Å². The maximum absolute atomic E-state index is 12.5. The number of hydrogen-bond donors (Lipinski definition) is 1. The van der Waals surface area contributed by atoms with Crippen molar-refractivity contribution < 1.29 is 9.59 Å². The Kier molecular flexibility index (Phi) is 5.27. The van der Waals surface area contributed by atoms with Gasteiger partial charge in [-0.2, -0.15) is 0 Å². The zero-order chi connectivity index (χ0) is 18.8. The van der Waals surface area contributed by atoms with E-state index in [1.807, 2.05) is 50.2 Å². The van der Waals surface area contributed by atoms with Gasteiger partial charge >= 0.3 is 0 Å². The van der Waals surface area contributed by atoms with E-state index >= 15 is 0 Å². The minimum absolute atomic E-state index is 0.0391. The quantitative estimate of drug-likeness (QED) is 0.830. The summed E-state index contributed by atoms with van der Waals surface area (Å²) in [5.74, 6) is -0.115. The predicted octanol–water partition coefficient (Wildman–Crippen LogP) is 3.21. The number of aryl methyl sites for hydroxylation is 1. The van der Waals surface area contributed by atoms with Crippen molar-refractivity contribution in [2.45, 2.75) is 13.3 Å². The highest BCUT2D eigenvalue weighted by Crippen LogP contribution is 2.29. The van der Waals surface area contributed by atoms with Gasteiger partial charge in [-0.1, -0.05) is 15.9 Å². The molecule has 1 fully saturated rings. The van der Waals surface area contributed by atoms with E-state index in [9.17, 15) is 9.59 Å². The van der Waals surface area contributed by atoms with E-state index in [1.165, 1.54) is 0 Å². The van der Waals surface area contributed by atoms with Crippen molar-refractivity contribution in [3.8, 4) is 0 Å². The van der Waals surface area contributed by atoms with E-state index < -0.39 is 0 Å². The highest BCUT2D eigenvalue weighted by Gasteiger charge is 2.35. The SMILES string of the molecule is Cc1cc(N2CC(C(=O)Nc3ccc(N(C)C)cn3)CC2=O)ccc1Br. The Balaban J connectivity index is 1.67. The molecule has 1 aromatic carbocycles. The van der Waals surface area contributed by atoms with Gasteiger partial charge in [-0.3, -0.25) is 9.59 Å². The average Bonchev–Trinajstić information content (AvgIpc) is 3.00. The molecule has 136 valence electrons. The van der Waals surface area contributed by atoms with Crippen LogP contribution in [0.1, 0.15) is 12.0 Å². The second-order valence-corrected chi connectivity index (χ2v) is 7.48. The molecule has 0 aliphatic carbocycles. The number of anilines is 3. The molecule has 26 heavy (non-hydrogen) atoms. The second-order valence-electron chi connectivity index (χ2n) is 6.62. The van der Waals surface area contributed by atoms with Crippen LogP contribution in [-0.2, 0) is 9.59 Å². The van der Waals surface area contributed by atoms with Gasteiger partial charge in [0.1, 0.15) is 5.82 Å². The Morgan fingerprint density at radius 1 is 1.31 bits per heavy atom. The maximum Gasteiger partial charge on any atom is 0.230 e. The van der Waals surface area contributed by atoms with Crippen molar-refractivity contribution in [3.63, 3.8) is 0 Å². The summed E-state index contributed by atoms with van der Waals surface area (Å²) in [6.07, 6.45) is 1.91.